The number of likely N-dealkylation sites (tertiary alicyclic amines) is 2. The fourth-order valence-corrected chi connectivity index (χ4v) is 4.97. The lowest BCUT2D eigenvalue weighted by Gasteiger charge is -2.29. The van der Waals surface area contributed by atoms with Crippen molar-refractivity contribution in [3.8, 4) is 5.75 Å². The van der Waals surface area contributed by atoms with E-state index in [1.807, 2.05) is 58.3 Å². The number of ether oxygens (including phenoxy) is 1. The molecule has 5 rings (SSSR count). The van der Waals surface area contributed by atoms with E-state index in [9.17, 15) is 9.59 Å². The number of benzene rings is 2. The molecule has 2 amide bonds. The van der Waals surface area contributed by atoms with Crippen LogP contribution < -0.4 is 4.74 Å². The average Bonchev–Trinajstić information content (AvgIpc) is 3.45. The first-order valence-electron chi connectivity index (χ1n) is 10.2. The van der Waals surface area contributed by atoms with E-state index >= 15 is 0 Å². The van der Waals surface area contributed by atoms with Crippen molar-refractivity contribution < 1.29 is 14.3 Å². The van der Waals surface area contributed by atoms with Crippen LogP contribution in [0, 0.1) is 11.8 Å². The van der Waals surface area contributed by atoms with E-state index in [-0.39, 0.29) is 29.7 Å². The molecule has 2 aliphatic rings. The first-order chi connectivity index (χ1) is 14.5. The average molecular weight is 404 g/mol. The summed E-state index contributed by atoms with van der Waals surface area (Å²) in [6.07, 6.45) is 0. The van der Waals surface area contributed by atoms with Crippen LogP contribution in [0.1, 0.15) is 29.1 Å². The van der Waals surface area contributed by atoms with Crippen molar-refractivity contribution in [2.75, 3.05) is 26.7 Å². The molecular weight excluding hydrogens is 380 g/mol. The number of methoxy groups -OCH3 is 1. The van der Waals surface area contributed by atoms with Gasteiger partial charge in [-0.05, 0) is 29.8 Å². The maximum Gasteiger partial charge on any atom is 0.289 e. The standard InChI is InChI=1S/C23H24N4O3/c1-14(28)27-12-16-11-26(23(29)22-24-19-5-3-4-6-20(19)25-22)13-18(16)21(27)15-7-9-17(30-2)10-8-15/h3-10,16,18,21H,11-13H2,1-2H3,(H,24,25)/t16-,18-,21+/m1/s1. The zero-order chi connectivity index (χ0) is 20.8. The van der Waals surface area contributed by atoms with Gasteiger partial charge < -0.3 is 19.5 Å². The summed E-state index contributed by atoms with van der Waals surface area (Å²) in [5.41, 5.74) is 2.73. The summed E-state index contributed by atoms with van der Waals surface area (Å²) in [5, 5.41) is 0. The van der Waals surface area contributed by atoms with E-state index in [1.165, 1.54) is 0 Å². The molecule has 0 spiro atoms. The lowest BCUT2D eigenvalue weighted by atomic mass is 9.89. The number of hydrogen-bond donors (Lipinski definition) is 1. The van der Waals surface area contributed by atoms with Crippen LogP contribution in [0.25, 0.3) is 11.0 Å². The van der Waals surface area contributed by atoms with Crippen molar-refractivity contribution in [1.29, 1.82) is 0 Å². The van der Waals surface area contributed by atoms with Gasteiger partial charge in [0.15, 0.2) is 5.82 Å². The molecule has 7 heteroatoms. The Bertz CT molecular complexity index is 1070. The molecule has 3 atom stereocenters. The van der Waals surface area contributed by atoms with E-state index in [2.05, 4.69) is 9.97 Å². The Morgan fingerprint density at radius 3 is 2.53 bits per heavy atom. The topological polar surface area (TPSA) is 78.5 Å². The molecule has 2 aliphatic heterocycles. The summed E-state index contributed by atoms with van der Waals surface area (Å²) in [5.74, 6) is 1.62. The maximum atomic E-state index is 13.1. The quantitative estimate of drug-likeness (QED) is 0.728. The van der Waals surface area contributed by atoms with Crippen molar-refractivity contribution in [1.82, 2.24) is 19.8 Å². The van der Waals surface area contributed by atoms with Crippen LogP contribution in [-0.4, -0.2) is 58.3 Å². The number of para-hydroxylation sites is 2. The number of imidazole rings is 1. The summed E-state index contributed by atoms with van der Waals surface area (Å²) in [6, 6.07) is 15.5. The zero-order valence-electron chi connectivity index (χ0n) is 17.0. The van der Waals surface area contributed by atoms with Gasteiger partial charge in [-0.2, -0.15) is 0 Å². The molecule has 0 aliphatic carbocycles. The van der Waals surface area contributed by atoms with Crippen LogP contribution in [0.3, 0.4) is 0 Å². The predicted molar refractivity (Wildman–Crippen MR) is 112 cm³/mol. The minimum absolute atomic E-state index is 0.0353. The van der Waals surface area contributed by atoms with Crippen LogP contribution >= 0.6 is 0 Å². The van der Waals surface area contributed by atoms with Gasteiger partial charge in [0.1, 0.15) is 5.75 Å². The Morgan fingerprint density at radius 2 is 1.83 bits per heavy atom. The van der Waals surface area contributed by atoms with Crippen LogP contribution in [0.4, 0.5) is 0 Å². The highest BCUT2D eigenvalue weighted by molar-refractivity contribution is 5.94. The molecule has 3 aromatic rings. The third-order valence-corrected chi connectivity index (χ3v) is 6.41. The number of aromatic nitrogens is 2. The zero-order valence-corrected chi connectivity index (χ0v) is 17.0. The number of amides is 2. The molecule has 154 valence electrons. The van der Waals surface area contributed by atoms with E-state index in [1.54, 1.807) is 14.0 Å². The van der Waals surface area contributed by atoms with Crippen LogP contribution in [0.15, 0.2) is 48.5 Å². The number of aromatic amines is 1. The van der Waals surface area contributed by atoms with Crippen molar-refractivity contribution >= 4 is 22.8 Å². The molecule has 2 aromatic carbocycles. The Kier molecular flexibility index (Phi) is 4.46. The van der Waals surface area contributed by atoms with Crippen LogP contribution in [0.2, 0.25) is 0 Å². The minimum atomic E-state index is -0.0801. The molecule has 7 nitrogen and oxygen atoms in total. The molecule has 1 aromatic heterocycles. The number of carbonyl (C=O) groups is 2. The van der Waals surface area contributed by atoms with E-state index in [4.69, 9.17) is 4.74 Å². The third-order valence-electron chi connectivity index (χ3n) is 6.41. The Labute approximate surface area is 174 Å². The molecule has 3 heterocycles. The summed E-state index contributed by atoms with van der Waals surface area (Å²) >= 11 is 0. The number of rotatable bonds is 3. The van der Waals surface area contributed by atoms with Crippen molar-refractivity contribution in [2.45, 2.75) is 13.0 Å². The summed E-state index contributed by atoms with van der Waals surface area (Å²) in [7, 11) is 1.64. The predicted octanol–water partition coefficient (Wildman–Crippen LogP) is 2.86. The van der Waals surface area contributed by atoms with Gasteiger partial charge in [0.05, 0.1) is 24.2 Å². The number of carbonyl (C=O) groups excluding carboxylic acids is 2. The van der Waals surface area contributed by atoms with Gasteiger partial charge in [0.25, 0.3) is 5.91 Å². The second-order valence-electron chi connectivity index (χ2n) is 8.13. The van der Waals surface area contributed by atoms with E-state index < -0.39 is 0 Å². The number of nitrogens with one attached hydrogen (secondary N) is 1. The lowest BCUT2D eigenvalue weighted by molar-refractivity contribution is -0.130. The molecule has 0 radical (unpaired) electrons. The first kappa shape index (κ1) is 18.7. The monoisotopic (exact) mass is 404 g/mol. The number of nitrogens with zero attached hydrogens (tertiary/aromatic N) is 3. The van der Waals surface area contributed by atoms with E-state index in [0.717, 1.165) is 22.3 Å². The van der Waals surface area contributed by atoms with Gasteiger partial charge >= 0.3 is 0 Å². The third kappa shape index (κ3) is 3.01. The molecule has 2 fully saturated rings. The largest absolute Gasteiger partial charge is 0.497 e. The van der Waals surface area contributed by atoms with Gasteiger partial charge in [0, 0.05) is 38.4 Å². The lowest BCUT2D eigenvalue weighted by Crippen LogP contribution is -2.36. The first-order valence-corrected chi connectivity index (χ1v) is 10.2. The normalized spacial score (nSPS) is 23.1. The Hall–Kier alpha value is -3.35. The summed E-state index contributed by atoms with van der Waals surface area (Å²) in [4.78, 5) is 36.9. The van der Waals surface area contributed by atoms with Gasteiger partial charge in [0.2, 0.25) is 5.91 Å². The van der Waals surface area contributed by atoms with Gasteiger partial charge in [-0.3, -0.25) is 9.59 Å². The highest BCUT2D eigenvalue weighted by Gasteiger charge is 2.49. The SMILES string of the molecule is COc1ccc([C@H]2[C@@H]3CN(C(=O)c4nc5ccccc5[nH]4)C[C@@H]3CN2C(C)=O)cc1. The highest BCUT2D eigenvalue weighted by Crippen LogP contribution is 2.45. The number of hydrogen-bond acceptors (Lipinski definition) is 4. The van der Waals surface area contributed by atoms with Crippen molar-refractivity contribution in [2.24, 2.45) is 11.8 Å². The molecule has 0 saturated carbocycles. The van der Waals surface area contributed by atoms with Crippen LogP contribution in [-0.2, 0) is 4.79 Å². The fraction of sp³-hybridized carbons (Fsp3) is 0.348. The van der Waals surface area contributed by atoms with E-state index in [0.29, 0.717) is 25.5 Å². The van der Waals surface area contributed by atoms with Crippen molar-refractivity contribution in [3.63, 3.8) is 0 Å². The highest BCUT2D eigenvalue weighted by atomic mass is 16.5. The maximum absolute atomic E-state index is 13.1. The Balaban J connectivity index is 1.40. The smallest absolute Gasteiger partial charge is 0.289 e. The molecule has 0 bridgehead atoms. The van der Waals surface area contributed by atoms with Gasteiger partial charge in [-0.25, -0.2) is 4.98 Å². The van der Waals surface area contributed by atoms with Gasteiger partial charge in [-0.15, -0.1) is 0 Å². The summed E-state index contributed by atoms with van der Waals surface area (Å²) < 4.78 is 5.27. The minimum Gasteiger partial charge on any atom is -0.497 e. The second-order valence-corrected chi connectivity index (χ2v) is 8.13. The number of H-pyrrole nitrogens is 1. The fourth-order valence-electron chi connectivity index (χ4n) is 4.97. The molecular formula is C23H24N4O3. The molecule has 1 N–H and O–H groups in total. The molecule has 30 heavy (non-hydrogen) atoms. The van der Waals surface area contributed by atoms with Gasteiger partial charge in [-0.1, -0.05) is 24.3 Å². The molecule has 2 saturated heterocycles. The second kappa shape index (κ2) is 7.16. The molecule has 0 unspecified atom stereocenters. The summed E-state index contributed by atoms with van der Waals surface area (Å²) in [6.45, 7) is 3.54. The number of fused-ring (bicyclic) bond motifs is 2. The van der Waals surface area contributed by atoms with Crippen LogP contribution in [0.5, 0.6) is 5.75 Å². The Morgan fingerprint density at radius 1 is 1.07 bits per heavy atom. The van der Waals surface area contributed by atoms with Crippen molar-refractivity contribution in [3.05, 3.63) is 59.9 Å².